The van der Waals surface area contributed by atoms with Crippen LogP contribution in [0.5, 0.6) is 0 Å². The van der Waals surface area contributed by atoms with Crippen molar-refractivity contribution >= 4 is 12.1 Å². The summed E-state index contributed by atoms with van der Waals surface area (Å²) in [5.41, 5.74) is 0.999. The van der Waals surface area contributed by atoms with E-state index in [0.717, 1.165) is 0 Å². The van der Waals surface area contributed by atoms with Crippen molar-refractivity contribution in [3.63, 3.8) is 0 Å². The third-order valence-electron chi connectivity index (χ3n) is 1.71. The monoisotopic (exact) mass is 162 g/mol. The van der Waals surface area contributed by atoms with Crippen molar-refractivity contribution in [3.8, 4) is 0 Å². The number of carbonyl (C=O) groups is 2. The number of rotatable bonds is 3. The average Bonchev–Trinajstić information content (AvgIpc) is 2.16. The Hall–Kier alpha value is -1.44. The molecule has 0 spiro atoms. The van der Waals surface area contributed by atoms with Gasteiger partial charge in [-0.1, -0.05) is 31.2 Å². The lowest BCUT2D eigenvalue weighted by Crippen LogP contribution is -2.00. The molecule has 0 aromatic heterocycles. The molecule has 0 bridgehead atoms. The van der Waals surface area contributed by atoms with E-state index in [-0.39, 0.29) is 5.78 Å². The highest BCUT2D eigenvalue weighted by Crippen LogP contribution is 2.08. The van der Waals surface area contributed by atoms with Gasteiger partial charge in [-0.2, -0.15) is 0 Å². The number of hydrogen-bond donors (Lipinski definition) is 0. The van der Waals surface area contributed by atoms with Crippen LogP contribution in [-0.4, -0.2) is 12.1 Å². The number of ketones is 1. The lowest BCUT2D eigenvalue weighted by molar-refractivity contribution is 0.0981. The second kappa shape index (κ2) is 3.81. The average molecular weight is 162 g/mol. The van der Waals surface area contributed by atoms with Crippen LogP contribution in [0.1, 0.15) is 34.1 Å². The van der Waals surface area contributed by atoms with Gasteiger partial charge in [-0.15, -0.1) is 0 Å². The molecule has 0 saturated carbocycles. The highest BCUT2D eigenvalue weighted by molar-refractivity contribution is 6.02. The summed E-state index contributed by atoms with van der Waals surface area (Å²) in [5, 5.41) is 0. The molecule has 0 N–H and O–H groups in total. The van der Waals surface area contributed by atoms with E-state index in [1.165, 1.54) is 0 Å². The molecule has 0 aliphatic rings. The van der Waals surface area contributed by atoms with E-state index in [1.54, 1.807) is 31.2 Å². The van der Waals surface area contributed by atoms with E-state index in [1.807, 2.05) is 0 Å². The zero-order chi connectivity index (χ0) is 8.97. The van der Waals surface area contributed by atoms with Gasteiger partial charge >= 0.3 is 0 Å². The first-order valence-electron chi connectivity index (χ1n) is 3.87. The summed E-state index contributed by atoms with van der Waals surface area (Å²) in [7, 11) is 0. The van der Waals surface area contributed by atoms with Gasteiger partial charge in [-0.05, 0) is 0 Å². The Morgan fingerprint density at radius 3 is 2.67 bits per heavy atom. The van der Waals surface area contributed by atoms with Crippen LogP contribution < -0.4 is 0 Å². The van der Waals surface area contributed by atoms with Crippen LogP contribution >= 0.6 is 0 Å². The first-order valence-corrected chi connectivity index (χ1v) is 3.87. The van der Waals surface area contributed by atoms with Crippen molar-refractivity contribution in [2.75, 3.05) is 0 Å². The van der Waals surface area contributed by atoms with E-state index >= 15 is 0 Å². The Morgan fingerprint density at radius 2 is 2.08 bits per heavy atom. The molecule has 2 heteroatoms. The first kappa shape index (κ1) is 8.65. The van der Waals surface area contributed by atoms with Crippen molar-refractivity contribution < 1.29 is 9.59 Å². The smallest absolute Gasteiger partial charge is 0.163 e. The Kier molecular flexibility index (Phi) is 2.75. The zero-order valence-electron chi connectivity index (χ0n) is 6.91. The van der Waals surface area contributed by atoms with Gasteiger partial charge in [0.2, 0.25) is 0 Å². The fourth-order valence-electron chi connectivity index (χ4n) is 1.04. The van der Waals surface area contributed by atoms with Crippen molar-refractivity contribution in [1.82, 2.24) is 0 Å². The van der Waals surface area contributed by atoms with Gasteiger partial charge in [0.25, 0.3) is 0 Å². The third kappa shape index (κ3) is 1.59. The van der Waals surface area contributed by atoms with Crippen LogP contribution in [0, 0.1) is 0 Å². The summed E-state index contributed by atoms with van der Waals surface area (Å²) in [6.45, 7) is 1.78. The Morgan fingerprint density at radius 1 is 1.42 bits per heavy atom. The van der Waals surface area contributed by atoms with E-state index in [9.17, 15) is 9.59 Å². The van der Waals surface area contributed by atoms with Crippen LogP contribution in [0.15, 0.2) is 24.3 Å². The van der Waals surface area contributed by atoms with E-state index in [2.05, 4.69) is 0 Å². The fourth-order valence-corrected chi connectivity index (χ4v) is 1.04. The highest BCUT2D eigenvalue weighted by Gasteiger charge is 2.06. The van der Waals surface area contributed by atoms with Crippen LogP contribution in [-0.2, 0) is 0 Å². The fraction of sp³-hybridized carbons (Fsp3) is 0.200. The molecule has 0 aliphatic carbocycles. The number of benzene rings is 1. The molecule has 0 fully saturated rings. The van der Waals surface area contributed by atoms with Gasteiger partial charge in [0.05, 0.1) is 0 Å². The largest absolute Gasteiger partial charge is 0.298 e. The molecule has 0 heterocycles. The SMILES string of the molecule is CCC(=O)c1ccccc1C=O. The molecule has 0 unspecified atom stereocenters. The van der Waals surface area contributed by atoms with Crippen molar-refractivity contribution in [1.29, 1.82) is 0 Å². The predicted molar refractivity (Wildman–Crippen MR) is 46.5 cm³/mol. The lowest BCUT2D eigenvalue weighted by atomic mass is 10.0. The third-order valence-corrected chi connectivity index (χ3v) is 1.71. The second-order valence-electron chi connectivity index (χ2n) is 2.48. The normalized spacial score (nSPS) is 9.42. The van der Waals surface area contributed by atoms with Crippen molar-refractivity contribution in [2.45, 2.75) is 13.3 Å². The molecule has 62 valence electrons. The molecule has 0 saturated heterocycles. The Balaban J connectivity index is 3.13. The maximum Gasteiger partial charge on any atom is 0.163 e. The van der Waals surface area contributed by atoms with E-state index in [4.69, 9.17) is 0 Å². The molecule has 0 radical (unpaired) electrons. The number of hydrogen-bond acceptors (Lipinski definition) is 2. The van der Waals surface area contributed by atoms with E-state index < -0.39 is 0 Å². The number of Topliss-reactive ketones (excluding diaryl/α,β-unsaturated/α-hetero) is 1. The predicted octanol–water partition coefficient (Wildman–Crippen LogP) is 2.09. The topological polar surface area (TPSA) is 34.1 Å². The standard InChI is InChI=1S/C10H10O2/c1-2-10(12)9-6-4-3-5-8(9)7-11/h3-7H,2H2,1H3. The number of aldehydes is 1. The minimum Gasteiger partial charge on any atom is -0.298 e. The quantitative estimate of drug-likeness (QED) is 0.503. The maximum atomic E-state index is 11.2. The van der Waals surface area contributed by atoms with Gasteiger partial charge < -0.3 is 0 Å². The van der Waals surface area contributed by atoms with Gasteiger partial charge in [-0.3, -0.25) is 9.59 Å². The van der Waals surface area contributed by atoms with E-state index in [0.29, 0.717) is 23.8 Å². The summed E-state index contributed by atoms with van der Waals surface area (Å²) in [6.07, 6.45) is 1.15. The summed E-state index contributed by atoms with van der Waals surface area (Å²) in [5.74, 6) is 0.0118. The summed E-state index contributed by atoms with van der Waals surface area (Å²) >= 11 is 0. The Bertz CT molecular complexity index is 302. The molecule has 0 amide bonds. The first-order chi connectivity index (χ1) is 5.79. The van der Waals surface area contributed by atoms with Gasteiger partial charge in [-0.25, -0.2) is 0 Å². The zero-order valence-corrected chi connectivity index (χ0v) is 6.91. The molecule has 0 aliphatic heterocycles. The van der Waals surface area contributed by atoms with Gasteiger partial charge in [0, 0.05) is 17.5 Å². The second-order valence-corrected chi connectivity index (χ2v) is 2.48. The number of carbonyl (C=O) groups excluding carboxylic acids is 2. The highest BCUT2D eigenvalue weighted by atomic mass is 16.1. The minimum absolute atomic E-state index is 0.0118. The lowest BCUT2D eigenvalue weighted by Gasteiger charge is -1.99. The van der Waals surface area contributed by atoms with Gasteiger partial charge in [0.1, 0.15) is 0 Å². The molecule has 1 aromatic rings. The van der Waals surface area contributed by atoms with Crippen LogP contribution in [0.2, 0.25) is 0 Å². The van der Waals surface area contributed by atoms with Crippen LogP contribution in [0.3, 0.4) is 0 Å². The molecular formula is C10H10O2. The molecule has 12 heavy (non-hydrogen) atoms. The Labute approximate surface area is 71.2 Å². The van der Waals surface area contributed by atoms with Crippen LogP contribution in [0.4, 0.5) is 0 Å². The van der Waals surface area contributed by atoms with Crippen LogP contribution in [0.25, 0.3) is 0 Å². The molecule has 1 aromatic carbocycles. The maximum absolute atomic E-state index is 11.2. The molecule has 0 atom stereocenters. The molecule has 2 nitrogen and oxygen atoms in total. The van der Waals surface area contributed by atoms with Gasteiger partial charge in [0.15, 0.2) is 12.1 Å². The summed E-state index contributed by atoms with van der Waals surface area (Å²) < 4.78 is 0. The molecule has 1 rings (SSSR count). The summed E-state index contributed by atoms with van der Waals surface area (Å²) in [4.78, 5) is 21.7. The van der Waals surface area contributed by atoms with Crippen molar-refractivity contribution in [3.05, 3.63) is 35.4 Å². The van der Waals surface area contributed by atoms with Crippen molar-refractivity contribution in [2.24, 2.45) is 0 Å². The molecular weight excluding hydrogens is 152 g/mol. The minimum atomic E-state index is 0.0118. The summed E-state index contributed by atoms with van der Waals surface area (Å²) in [6, 6.07) is 6.83.